The maximum atomic E-state index is 10.4. The molecule has 0 aliphatic carbocycles. The van der Waals surface area contributed by atoms with E-state index in [9.17, 15) is 13.0 Å². The molecule has 1 aliphatic rings. The van der Waals surface area contributed by atoms with Gasteiger partial charge in [0.25, 0.3) is 0 Å². The molecule has 0 unspecified atom stereocenters. The summed E-state index contributed by atoms with van der Waals surface area (Å²) < 4.78 is 33.5. The van der Waals surface area contributed by atoms with Gasteiger partial charge in [0.05, 0.1) is 16.4 Å². The molecule has 6 heteroatoms. The minimum absolute atomic E-state index is 0.178. The van der Waals surface area contributed by atoms with E-state index in [4.69, 9.17) is 0 Å². The summed E-state index contributed by atoms with van der Waals surface area (Å²) in [6.07, 6.45) is 4.29. The molecule has 21 heavy (non-hydrogen) atoms. The summed E-state index contributed by atoms with van der Waals surface area (Å²) >= 11 is 2.02. The Kier molecular flexibility index (Phi) is 5.39. The second kappa shape index (κ2) is 7.06. The predicted molar refractivity (Wildman–Crippen MR) is 82.1 cm³/mol. The number of hydrogen-bond donors (Lipinski definition) is 0. The van der Waals surface area contributed by atoms with Crippen molar-refractivity contribution in [1.82, 2.24) is 0 Å². The van der Waals surface area contributed by atoms with Gasteiger partial charge in [-0.25, -0.2) is 13.0 Å². The zero-order chi connectivity index (χ0) is 15.3. The molecule has 0 bridgehead atoms. The van der Waals surface area contributed by atoms with E-state index < -0.39 is 10.1 Å². The number of aromatic nitrogens is 1. The standard InChI is InChI=1S/C8H10NS.C7H8O3S/c1-2-4-9(5-3-1)8-6-10-7-8;1-6-2-4-7(5-3-6)11(8,9)10/h1-5,8H,6-7H2;2-5H,1H3,(H,8,9,10)/q+1;/p-1. The van der Waals surface area contributed by atoms with Crippen LogP contribution in [0.4, 0.5) is 0 Å². The van der Waals surface area contributed by atoms with Gasteiger partial charge >= 0.3 is 0 Å². The Morgan fingerprint density at radius 2 is 1.67 bits per heavy atom. The number of hydrogen-bond acceptors (Lipinski definition) is 4. The highest BCUT2D eigenvalue weighted by Gasteiger charge is 2.25. The van der Waals surface area contributed by atoms with Gasteiger partial charge in [0.15, 0.2) is 18.4 Å². The molecule has 0 atom stereocenters. The van der Waals surface area contributed by atoms with Gasteiger partial charge in [-0.05, 0) is 19.1 Å². The lowest BCUT2D eigenvalue weighted by atomic mass is 10.2. The van der Waals surface area contributed by atoms with Gasteiger partial charge in [0.2, 0.25) is 0 Å². The summed E-state index contributed by atoms with van der Waals surface area (Å²) in [7, 11) is -4.27. The molecule has 1 saturated heterocycles. The molecule has 3 rings (SSSR count). The number of aryl methyl sites for hydroxylation is 1. The van der Waals surface area contributed by atoms with Crippen LogP contribution < -0.4 is 4.57 Å². The van der Waals surface area contributed by atoms with Crippen molar-refractivity contribution in [2.75, 3.05) is 11.5 Å². The third kappa shape index (κ3) is 4.84. The van der Waals surface area contributed by atoms with Gasteiger partial charge in [-0.15, -0.1) is 11.8 Å². The van der Waals surface area contributed by atoms with E-state index in [0.29, 0.717) is 0 Å². The summed E-state index contributed by atoms with van der Waals surface area (Å²) in [5.74, 6) is 2.57. The van der Waals surface area contributed by atoms with Crippen LogP contribution >= 0.6 is 11.8 Å². The minimum atomic E-state index is -4.27. The van der Waals surface area contributed by atoms with Crippen molar-refractivity contribution in [2.24, 2.45) is 0 Å². The number of benzene rings is 1. The second-order valence-corrected chi connectivity index (χ2v) is 7.24. The fourth-order valence-electron chi connectivity index (χ4n) is 1.76. The molecule has 1 fully saturated rings. The monoisotopic (exact) mass is 323 g/mol. The zero-order valence-corrected chi connectivity index (χ0v) is 13.3. The Labute approximate surface area is 129 Å². The SMILES string of the molecule is Cc1ccc(S(=O)(=O)[O-])cc1.c1cc[n+](C2CSC2)cc1. The molecular weight excluding hydrogens is 306 g/mol. The van der Waals surface area contributed by atoms with E-state index in [0.717, 1.165) is 11.6 Å². The van der Waals surface area contributed by atoms with Crippen molar-refractivity contribution in [1.29, 1.82) is 0 Å². The topological polar surface area (TPSA) is 61.1 Å². The van der Waals surface area contributed by atoms with Crippen LogP contribution in [0.5, 0.6) is 0 Å². The van der Waals surface area contributed by atoms with Crippen LogP contribution in [0.3, 0.4) is 0 Å². The van der Waals surface area contributed by atoms with Crippen molar-refractivity contribution in [3.63, 3.8) is 0 Å². The largest absolute Gasteiger partial charge is 0.744 e. The molecule has 1 aromatic heterocycles. The first-order valence-electron chi connectivity index (χ1n) is 6.53. The Balaban J connectivity index is 0.000000154. The molecule has 1 aliphatic heterocycles. The van der Waals surface area contributed by atoms with Gasteiger partial charge in [0.1, 0.15) is 10.1 Å². The van der Waals surface area contributed by atoms with Crippen LogP contribution in [0.1, 0.15) is 11.6 Å². The fraction of sp³-hybridized carbons (Fsp3) is 0.267. The Morgan fingerprint density at radius 3 is 2.10 bits per heavy atom. The van der Waals surface area contributed by atoms with E-state index in [1.165, 1.54) is 23.6 Å². The van der Waals surface area contributed by atoms with Gasteiger partial charge in [-0.2, -0.15) is 0 Å². The van der Waals surface area contributed by atoms with Crippen LogP contribution in [-0.4, -0.2) is 24.5 Å². The molecule has 4 nitrogen and oxygen atoms in total. The molecule has 112 valence electrons. The van der Waals surface area contributed by atoms with Gasteiger partial charge in [0, 0.05) is 12.1 Å². The van der Waals surface area contributed by atoms with Crippen LogP contribution in [0.15, 0.2) is 59.8 Å². The zero-order valence-electron chi connectivity index (χ0n) is 11.7. The third-order valence-corrected chi connectivity index (χ3v) is 5.18. The molecule has 1 aromatic carbocycles. The highest BCUT2D eigenvalue weighted by Crippen LogP contribution is 2.23. The van der Waals surface area contributed by atoms with Crippen LogP contribution in [0.2, 0.25) is 0 Å². The second-order valence-electron chi connectivity index (χ2n) is 4.78. The first-order valence-corrected chi connectivity index (χ1v) is 9.09. The van der Waals surface area contributed by atoms with Gasteiger partial charge < -0.3 is 4.55 Å². The summed E-state index contributed by atoms with van der Waals surface area (Å²) in [4.78, 5) is -0.178. The van der Waals surface area contributed by atoms with Crippen molar-refractivity contribution < 1.29 is 17.5 Å². The number of nitrogens with zero attached hydrogens (tertiary/aromatic N) is 1. The van der Waals surface area contributed by atoms with Crippen molar-refractivity contribution in [2.45, 2.75) is 17.9 Å². The van der Waals surface area contributed by atoms with Gasteiger partial charge in [-0.3, -0.25) is 0 Å². The average molecular weight is 323 g/mol. The molecule has 0 radical (unpaired) electrons. The highest BCUT2D eigenvalue weighted by atomic mass is 32.2. The number of rotatable bonds is 2. The van der Waals surface area contributed by atoms with Crippen molar-refractivity contribution in [3.8, 4) is 0 Å². The first-order chi connectivity index (χ1) is 9.97. The first kappa shape index (κ1) is 16.0. The molecule has 2 aromatic rings. The predicted octanol–water partition coefficient (Wildman–Crippen LogP) is 2.16. The smallest absolute Gasteiger partial charge is 0.176 e. The maximum absolute atomic E-state index is 10.4. The molecule has 2 heterocycles. The highest BCUT2D eigenvalue weighted by molar-refractivity contribution is 8.00. The fourth-order valence-corrected chi connectivity index (χ4v) is 3.02. The summed E-state index contributed by atoms with van der Waals surface area (Å²) in [6, 6.07) is 12.8. The Bertz CT molecular complexity index is 666. The van der Waals surface area contributed by atoms with Crippen molar-refractivity contribution >= 4 is 21.9 Å². The lowest BCUT2D eigenvalue weighted by Gasteiger charge is -2.18. The molecule has 0 spiro atoms. The summed E-state index contributed by atoms with van der Waals surface area (Å²) in [5.41, 5.74) is 0.928. The van der Waals surface area contributed by atoms with E-state index in [1.54, 1.807) is 12.1 Å². The van der Waals surface area contributed by atoms with Crippen LogP contribution in [0, 0.1) is 6.92 Å². The van der Waals surface area contributed by atoms with Gasteiger partial charge in [-0.1, -0.05) is 23.8 Å². The number of thioether (sulfide) groups is 1. The lowest BCUT2D eigenvalue weighted by molar-refractivity contribution is -0.716. The van der Waals surface area contributed by atoms with Crippen LogP contribution in [0.25, 0.3) is 0 Å². The Morgan fingerprint density at radius 1 is 1.10 bits per heavy atom. The van der Waals surface area contributed by atoms with E-state index in [2.05, 4.69) is 35.2 Å². The molecule has 0 N–H and O–H groups in total. The average Bonchev–Trinajstić information content (AvgIpc) is 2.38. The Hall–Kier alpha value is -1.37. The maximum Gasteiger partial charge on any atom is 0.176 e. The summed E-state index contributed by atoms with van der Waals surface area (Å²) in [5, 5.41) is 0. The quantitative estimate of drug-likeness (QED) is 0.628. The lowest BCUT2D eigenvalue weighted by Crippen LogP contribution is -2.45. The van der Waals surface area contributed by atoms with Crippen LogP contribution in [-0.2, 0) is 10.1 Å². The summed E-state index contributed by atoms with van der Waals surface area (Å²) in [6.45, 7) is 1.82. The molecular formula is C15H17NO3S2. The molecule has 0 saturated carbocycles. The minimum Gasteiger partial charge on any atom is -0.744 e. The third-order valence-electron chi connectivity index (χ3n) is 3.09. The normalized spacial score (nSPS) is 14.8. The molecule has 0 amide bonds. The van der Waals surface area contributed by atoms with Crippen molar-refractivity contribution in [3.05, 3.63) is 60.4 Å². The number of pyridine rings is 1. The van der Waals surface area contributed by atoms with E-state index >= 15 is 0 Å². The van der Waals surface area contributed by atoms with E-state index in [-0.39, 0.29) is 4.90 Å². The van der Waals surface area contributed by atoms with E-state index in [1.807, 2.05) is 18.7 Å².